The van der Waals surface area contributed by atoms with Crippen LogP contribution in [0.1, 0.15) is 5.56 Å². The summed E-state index contributed by atoms with van der Waals surface area (Å²) in [5, 5.41) is 1.03. The highest BCUT2D eigenvalue weighted by atomic mass is 15.1. The molecule has 0 saturated carbocycles. The van der Waals surface area contributed by atoms with Gasteiger partial charge in [0.2, 0.25) is 0 Å². The Morgan fingerprint density at radius 2 is 1.83 bits per heavy atom. The fourth-order valence-electron chi connectivity index (χ4n) is 2.78. The van der Waals surface area contributed by atoms with E-state index >= 15 is 0 Å². The molecule has 0 aliphatic heterocycles. The number of aromatic nitrogens is 4. The molecular formula is C18H16N6. The van der Waals surface area contributed by atoms with Crippen molar-refractivity contribution in [3.8, 4) is 17.1 Å². The third-order valence-corrected chi connectivity index (χ3v) is 4.03. The summed E-state index contributed by atoms with van der Waals surface area (Å²) in [6.07, 6.45) is 5.26. The van der Waals surface area contributed by atoms with Crippen molar-refractivity contribution in [2.24, 2.45) is 0 Å². The SMILES string of the molecule is Cc1ccc(N)cc1-c1cc2c(ccn2-c2cc(N)ncn2)cn1. The first-order chi connectivity index (χ1) is 11.6. The summed E-state index contributed by atoms with van der Waals surface area (Å²) in [5.41, 5.74) is 16.4. The van der Waals surface area contributed by atoms with Crippen LogP contribution in [-0.2, 0) is 0 Å². The molecule has 1 aromatic carbocycles. The molecule has 6 heteroatoms. The highest BCUT2D eigenvalue weighted by molar-refractivity contribution is 5.85. The fraction of sp³-hybridized carbons (Fsp3) is 0.0556. The number of aryl methyl sites for hydroxylation is 1. The Balaban J connectivity index is 1.92. The second-order valence-electron chi connectivity index (χ2n) is 5.69. The molecule has 0 saturated heterocycles. The standard InChI is InChI=1S/C18H16N6/c1-11-2-3-13(19)6-14(11)15-7-16-12(9-21-15)4-5-24(16)18-8-17(20)22-10-23-18/h2-10H,19H2,1H3,(H2,20,22,23). The lowest BCUT2D eigenvalue weighted by Crippen LogP contribution is -1.99. The van der Waals surface area contributed by atoms with Crippen LogP contribution in [0.15, 0.2) is 55.1 Å². The summed E-state index contributed by atoms with van der Waals surface area (Å²) in [5.74, 6) is 1.15. The maximum absolute atomic E-state index is 5.93. The number of rotatable bonds is 2. The van der Waals surface area contributed by atoms with Gasteiger partial charge >= 0.3 is 0 Å². The molecule has 24 heavy (non-hydrogen) atoms. The van der Waals surface area contributed by atoms with Gasteiger partial charge in [0.05, 0.1) is 11.2 Å². The first kappa shape index (κ1) is 14.2. The summed E-state index contributed by atoms with van der Waals surface area (Å²) < 4.78 is 1.97. The van der Waals surface area contributed by atoms with E-state index in [4.69, 9.17) is 11.5 Å². The maximum atomic E-state index is 5.93. The minimum atomic E-state index is 0.433. The predicted molar refractivity (Wildman–Crippen MR) is 95.7 cm³/mol. The van der Waals surface area contributed by atoms with Crippen molar-refractivity contribution in [3.63, 3.8) is 0 Å². The number of nitrogens with zero attached hydrogens (tertiary/aromatic N) is 4. The number of nitrogen functional groups attached to an aromatic ring is 2. The average molecular weight is 316 g/mol. The molecule has 3 heterocycles. The van der Waals surface area contributed by atoms with Crippen molar-refractivity contribution < 1.29 is 0 Å². The second kappa shape index (κ2) is 5.34. The lowest BCUT2D eigenvalue weighted by Gasteiger charge is -2.09. The molecular weight excluding hydrogens is 300 g/mol. The van der Waals surface area contributed by atoms with Gasteiger partial charge in [-0.05, 0) is 36.8 Å². The molecule has 4 N–H and O–H groups in total. The van der Waals surface area contributed by atoms with E-state index in [1.807, 2.05) is 54.2 Å². The Morgan fingerprint density at radius 3 is 2.67 bits per heavy atom. The second-order valence-corrected chi connectivity index (χ2v) is 5.69. The molecule has 0 bridgehead atoms. The van der Waals surface area contributed by atoms with Crippen LogP contribution in [0.5, 0.6) is 0 Å². The van der Waals surface area contributed by atoms with Crippen LogP contribution in [0.25, 0.3) is 28.0 Å². The van der Waals surface area contributed by atoms with Crippen LogP contribution >= 0.6 is 0 Å². The van der Waals surface area contributed by atoms with Crippen molar-refractivity contribution in [2.45, 2.75) is 6.92 Å². The van der Waals surface area contributed by atoms with E-state index in [-0.39, 0.29) is 0 Å². The number of benzene rings is 1. The van der Waals surface area contributed by atoms with Crippen LogP contribution in [-0.4, -0.2) is 19.5 Å². The molecule has 0 radical (unpaired) electrons. The zero-order valence-corrected chi connectivity index (χ0v) is 13.1. The Hall–Kier alpha value is -3.41. The number of pyridine rings is 1. The van der Waals surface area contributed by atoms with Crippen LogP contribution in [0.4, 0.5) is 11.5 Å². The molecule has 3 aromatic heterocycles. The molecule has 0 fully saturated rings. The molecule has 118 valence electrons. The first-order valence-corrected chi connectivity index (χ1v) is 7.53. The molecule has 0 spiro atoms. The van der Waals surface area contributed by atoms with Gasteiger partial charge in [-0.2, -0.15) is 0 Å². The average Bonchev–Trinajstić information content (AvgIpc) is 3.00. The third-order valence-electron chi connectivity index (χ3n) is 4.03. The largest absolute Gasteiger partial charge is 0.399 e. The van der Waals surface area contributed by atoms with Gasteiger partial charge in [-0.25, -0.2) is 9.97 Å². The smallest absolute Gasteiger partial charge is 0.142 e. The molecule has 6 nitrogen and oxygen atoms in total. The zero-order chi connectivity index (χ0) is 16.7. The van der Waals surface area contributed by atoms with E-state index in [0.717, 1.165) is 39.2 Å². The fourth-order valence-corrected chi connectivity index (χ4v) is 2.78. The van der Waals surface area contributed by atoms with Crippen LogP contribution in [0.3, 0.4) is 0 Å². The minimum Gasteiger partial charge on any atom is -0.399 e. The molecule has 4 aromatic rings. The van der Waals surface area contributed by atoms with Crippen molar-refractivity contribution in [1.82, 2.24) is 19.5 Å². The van der Waals surface area contributed by atoms with Gasteiger partial charge in [0.25, 0.3) is 0 Å². The molecule has 0 atom stereocenters. The lowest BCUT2D eigenvalue weighted by molar-refractivity contribution is 1.01. The van der Waals surface area contributed by atoms with Crippen LogP contribution in [0.2, 0.25) is 0 Å². The molecule has 0 unspecified atom stereocenters. The summed E-state index contributed by atoms with van der Waals surface area (Å²) in [4.78, 5) is 12.8. The Labute approximate surface area is 138 Å². The van der Waals surface area contributed by atoms with Gasteiger partial charge in [-0.1, -0.05) is 6.07 Å². The topological polar surface area (TPSA) is 95.6 Å². The number of nitrogens with two attached hydrogens (primary N) is 2. The van der Waals surface area contributed by atoms with E-state index < -0.39 is 0 Å². The maximum Gasteiger partial charge on any atom is 0.142 e. The van der Waals surface area contributed by atoms with Crippen molar-refractivity contribution in [3.05, 3.63) is 60.7 Å². The number of hydrogen-bond acceptors (Lipinski definition) is 5. The summed E-state index contributed by atoms with van der Waals surface area (Å²) >= 11 is 0. The van der Waals surface area contributed by atoms with Gasteiger partial charge in [0.1, 0.15) is 18.0 Å². The van der Waals surface area contributed by atoms with E-state index in [1.54, 1.807) is 6.07 Å². The lowest BCUT2D eigenvalue weighted by atomic mass is 10.0. The van der Waals surface area contributed by atoms with Gasteiger partial charge < -0.3 is 16.0 Å². The van der Waals surface area contributed by atoms with Crippen molar-refractivity contribution in [1.29, 1.82) is 0 Å². The number of anilines is 2. The summed E-state index contributed by atoms with van der Waals surface area (Å²) in [7, 11) is 0. The van der Waals surface area contributed by atoms with E-state index in [1.165, 1.54) is 6.33 Å². The monoisotopic (exact) mass is 316 g/mol. The van der Waals surface area contributed by atoms with E-state index in [0.29, 0.717) is 5.82 Å². The molecule has 0 aliphatic rings. The normalized spacial score (nSPS) is 11.0. The molecule has 0 aliphatic carbocycles. The zero-order valence-electron chi connectivity index (χ0n) is 13.1. The Bertz CT molecular complexity index is 1050. The number of hydrogen-bond donors (Lipinski definition) is 2. The molecule has 0 amide bonds. The third kappa shape index (κ3) is 2.34. The van der Waals surface area contributed by atoms with E-state index in [2.05, 4.69) is 15.0 Å². The van der Waals surface area contributed by atoms with Crippen LogP contribution < -0.4 is 11.5 Å². The van der Waals surface area contributed by atoms with E-state index in [9.17, 15) is 0 Å². The Kier molecular flexibility index (Phi) is 3.16. The Morgan fingerprint density at radius 1 is 0.958 bits per heavy atom. The van der Waals surface area contributed by atoms with Gasteiger partial charge in [0.15, 0.2) is 0 Å². The number of fused-ring (bicyclic) bond motifs is 1. The quantitative estimate of drug-likeness (QED) is 0.554. The summed E-state index contributed by atoms with van der Waals surface area (Å²) in [6, 6.07) is 11.6. The molecule has 4 rings (SSSR count). The van der Waals surface area contributed by atoms with Crippen LogP contribution in [0, 0.1) is 6.92 Å². The van der Waals surface area contributed by atoms with Gasteiger partial charge in [-0.3, -0.25) is 4.98 Å². The first-order valence-electron chi connectivity index (χ1n) is 7.53. The minimum absolute atomic E-state index is 0.433. The van der Waals surface area contributed by atoms with Crippen molar-refractivity contribution >= 4 is 22.4 Å². The highest BCUT2D eigenvalue weighted by Gasteiger charge is 2.10. The summed E-state index contributed by atoms with van der Waals surface area (Å²) in [6.45, 7) is 2.05. The highest BCUT2D eigenvalue weighted by Crippen LogP contribution is 2.28. The predicted octanol–water partition coefficient (Wildman–Crippen LogP) is 2.96. The van der Waals surface area contributed by atoms with Gasteiger partial charge in [0, 0.05) is 35.1 Å². The van der Waals surface area contributed by atoms with Gasteiger partial charge in [-0.15, -0.1) is 0 Å². The van der Waals surface area contributed by atoms with Crippen molar-refractivity contribution in [2.75, 3.05) is 11.5 Å².